The van der Waals surface area contributed by atoms with Crippen LogP contribution < -0.4 is 0 Å². The van der Waals surface area contributed by atoms with Crippen molar-refractivity contribution in [2.75, 3.05) is 13.2 Å². The third kappa shape index (κ3) is 7.56. The summed E-state index contributed by atoms with van der Waals surface area (Å²) in [6.45, 7) is 5.17. The van der Waals surface area contributed by atoms with Gasteiger partial charge in [0, 0.05) is 0 Å². The van der Waals surface area contributed by atoms with Gasteiger partial charge in [-0.1, -0.05) is 0 Å². The Bertz CT molecular complexity index is 110. The minimum atomic E-state index is -0.903. The van der Waals surface area contributed by atoms with Gasteiger partial charge in [0.15, 0.2) is 9.04 Å². The third-order valence-corrected chi connectivity index (χ3v) is 1.62. The monoisotopic (exact) mass is 145 g/mol. The minimum absolute atomic E-state index is 0.453. The lowest BCUT2D eigenvalue weighted by atomic mass is 10.7. The maximum absolute atomic E-state index is 9.51. The first-order valence-electron chi connectivity index (χ1n) is 2.92. The SMILES string of the molecule is C[SiH](C)OCCN=C=O. The zero-order valence-corrected chi connectivity index (χ0v) is 6.91. The van der Waals surface area contributed by atoms with Crippen molar-refractivity contribution in [2.24, 2.45) is 4.99 Å². The molecule has 0 heterocycles. The van der Waals surface area contributed by atoms with Crippen molar-refractivity contribution in [3.05, 3.63) is 0 Å². The van der Waals surface area contributed by atoms with Crippen molar-refractivity contribution in [2.45, 2.75) is 13.1 Å². The minimum Gasteiger partial charge on any atom is -0.419 e. The highest BCUT2D eigenvalue weighted by atomic mass is 28.3. The zero-order chi connectivity index (χ0) is 7.11. The summed E-state index contributed by atoms with van der Waals surface area (Å²) in [7, 11) is -0.903. The molecule has 52 valence electrons. The second kappa shape index (κ2) is 5.69. The average Bonchev–Trinajstić information content (AvgIpc) is 1.80. The molecular formula is C5H11NO2Si. The Kier molecular flexibility index (Phi) is 5.41. The van der Waals surface area contributed by atoms with Crippen molar-refractivity contribution in [1.29, 1.82) is 0 Å². The molecule has 0 radical (unpaired) electrons. The predicted octanol–water partition coefficient (Wildman–Crippen LogP) is 0.322. The number of rotatable bonds is 4. The molecule has 0 aliphatic carbocycles. The molecule has 0 atom stereocenters. The summed E-state index contributed by atoms with van der Waals surface area (Å²) >= 11 is 0. The lowest BCUT2D eigenvalue weighted by Crippen LogP contribution is -2.10. The van der Waals surface area contributed by atoms with Gasteiger partial charge < -0.3 is 4.43 Å². The summed E-state index contributed by atoms with van der Waals surface area (Å²) in [4.78, 5) is 12.8. The lowest BCUT2D eigenvalue weighted by molar-refractivity contribution is 0.337. The summed E-state index contributed by atoms with van der Waals surface area (Å²) in [5, 5.41) is 0. The van der Waals surface area contributed by atoms with E-state index in [9.17, 15) is 4.79 Å². The van der Waals surface area contributed by atoms with Gasteiger partial charge in [-0.2, -0.15) is 0 Å². The largest absolute Gasteiger partial charge is 0.419 e. The number of hydrogen-bond donors (Lipinski definition) is 0. The first-order valence-corrected chi connectivity index (χ1v) is 5.70. The van der Waals surface area contributed by atoms with Crippen LogP contribution in [0.3, 0.4) is 0 Å². The van der Waals surface area contributed by atoms with Gasteiger partial charge >= 0.3 is 0 Å². The van der Waals surface area contributed by atoms with E-state index in [0.29, 0.717) is 13.2 Å². The molecule has 0 saturated heterocycles. The number of carbonyl (C=O) groups excluding carboxylic acids is 1. The number of isocyanates is 1. The van der Waals surface area contributed by atoms with E-state index >= 15 is 0 Å². The first kappa shape index (κ1) is 8.56. The van der Waals surface area contributed by atoms with Crippen LogP contribution in [0.25, 0.3) is 0 Å². The molecule has 4 heteroatoms. The van der Waals surface area contributed by atoms with Crippen LogP contribution in [0, 0.1) is 0 Å². The van der Waals surface area contributed by atoms with E-state index in [-0.39, 0.29) is 0 Å². The molecule has 0 aromatic heterocycles. The van der Waals surface area contributed by atoms with Gasteiger partial charge in [0.25, 0.3) is 0 Å². The second-order valence-electron chi connectivity index (χ2n) is 1.89. The molecule has 9 heavy (non-hydrogen) atoms. The fraction of sp³-hybridized carbons (Fsp3) is 0.800. The van der Waals surface area contributed by atoms with Gasteiger partial charge in [0.2, 0.25) is 6.08 Å². The summed E-state index contributed by atoms with van der Waals surface area (Å²) in [5.74, 6) is 0. The average molecular weight is 145 g/mol. The molecule has 0 bridgehead atoms. The Morgan fingerprint density at radius 2 is 2.33 bits per heavy atom. The van der Waals surface area contributed by atoms with Crippen molar-refractivity contribution >= 4 is 15.1 Å². The first-order chi connectivity index (χ1) is 4.27. The third-order valence-electron chi connectivity index (χ3n) is 0.719. The van der Waals surface area contributed by atoms with Crippen molar-refractivity contribution < 1.29 is 9.22 Å². The van der Waals surface area contributed by atoms with Gasteiger partial charge in [-0.15, -0.1) is 0 Å². The van der Waals surface area contributed by atoms with Crippen LogP contribution in [0.15, 0.2) is 4.99 Å². The van der Waals surface area contributed by atoms with Crippen LogP contribution in [-0.2, 0) is 9.22 Å². The van der Waals surface area contributed by atoms with Crippen molar-refractivity contribution in [3.63, 3.8) is 0 Å². The molecule has 0 rings (SSSR count). The highest BCUT2D eigenvalue weighted by Gasteiger charge is 1.91. The van der Waals surface area contributed by atoms with E-state index in [0.717, 1.165) is 0 Å². The van der Waals surface area contributed by atoms with Crippen LogP contribution in [0.2, 0.25) is 13.1 Å². The van der Waals surface area contributed by atoms with E-state index < -0.39 is 9.04 Å². The Balaban J connectivity index is 3.00. The number of aliphatic imine (C=N–C) groups is 1. The fourth-order valence-corrected chi connectivity index (χ4v) is 0.957. The summed E-state index contributed by atoms with van der Waals surface area (Å²) < 4.78 is 5.21. The van der Waals surface area contributed by atoms with E-state index in [1.165, 1.54) is 6.08 Å². The normalized spacial score (nSPS) is 9.22. The highest BCUT2D eigenvalue weighted by Crippen LogP contribution is 1.81. The van der Waals surface area contributed by atoms with E-state index in [4.69, 9.17) is 4.43 Å². The summed E-state index contributed by atoms with van der Waals surface area (Å²) in [6, 6.07) is 0. The molecule has 0 aliphatic rings. The van der Waals surface area contributed by atoms with Gasteiger partial charge in [-0.25, -0.2) is 9.79 Å². The standard InChI is InChI=1S/C5H11NO2Si/c1-9(2)8-4-3-6-5-7/h9H,3-4H2,1-2H3. The molecule has 0 aromatic rings. The summed E-state index contributed by atoms with van der Waals surface area (Å²) in [6.07, 6.45) is 1.45. The smallest absolute Gasteiger partial charge is 0.235 e. The van der Waals surface area contributed by atoms with Crippen LogP contribution in [0.5, 0.6) is 0 Å². The quantitative estimate of drug-likeness (QED) is 0.247. The van der Waals surface area contributed by atoms with Gasteiger partial charge in [-0.3, -0.25) is 0 Å². The topological polar surface area (TPSA) is 38.7 Å². The second-order valence-corrected chi connectivity index (χ2v) is 4.32. The molecule has 0 aliphatic heterocycles. The molecule has 0 unspecified atom stereocenters. The molecule has 0 spiro atoms. The molecule has 0 fully saturated rings. The fourth-order valence-electron chi connectivity index (χ4n) is 0.380. The molecule has 0 N–H and O–H groups in total. The maximum Gasteiger partial charge on any atom is 0.235 e. The Morgan fingerprint density at radius 1 is 1.67 bits per heavy atom. The van der Waals surface area contributed by atoms with Crippen LogP contribution in [0.1, 0.15) is 0 Å². The summed E-state index contributed by atoms with van der Waals surface area (Å²) in [5.41, 5.74) is 0. The van der Waals surface area contributed by atoms with Gasteiger partial charge in [0.1, 0.15) is 0 Å². The molecule has 0 saturated carbocycles. The van der Waals surface area contributed by atoms with E-state index in [2.05, 4.69) is 18.1 Å². The number of nitrogens with zero attached hydrogens (tertiary/aromatic N) is 1. The highest BCUT2D eigenvalue weighted by molar-refractivity contribution is 6.48. The lowest BCUT2D eigenvalue weighted by Gasteiger charge is -2.01. The van der Waals surface area contributed by atoms with Crippen LogP contribution >= 0.6 is 0 Å². The zero-order valence-electron chi connectivity index (χ0n) is 5.76. The molecular weight excluding hydrogens is 134 g/mol. The van der Waals surface area contributed by atoms with Crippen LogP contribution in [-0.4, -0.2) is 28.3 Å². The molecule has 0 amide bonds. The Morgan fingerprint density at radius 3 is 2.78 bits per heavy atom. The Hall–Kier alpha value is -0.443. The number of hydrogen-bond acceptors (Lipinski definition) is 3. The maximum atomic E-state index is 9.51. The van der Waals surface area contributed by atoms with E-state index in [1.54, 1.807) is 0 Å². The van der Waals surface area contributed by atoms with Gasteiger partial charge in [-0.05, 0) is 13.1 Å². The van der Waals surface area contributed by atoms with Gasteiger partial charge in [0.05, 0.1) is 13.2 Å². The molecule has 0 aromatic carbocycles. The van der Waals surface area contributed by atoms with Crippen molar-refractivity contribution in [1.82, 2.24) is 0 Å². The molecule has 3 nitrogen and oxygen atoms in total. The predicted molar refractivity (Wildman–Crippen MR) is 37.8 cm³/mol. The van der Waals surface area contributed by atoms with Crippen molar-refractivity contribution in [3.8, 4) is 0 Å². The Labute approximate surface area is 56.5 Å². The van der Waals surface area contributed by atoms with Crippen LogP contribution in [0.4, 0.5) is 0 Å². The van der Waals surface area contributed by atoms with E-state index in [1.807, 2.05) is 0 Å².